The number of nitro benzene ring substituents is 1. The second kappa shape index (κ2) is 4.93. The summed E-state index contributed by atoms with van der Waals surface area (Å²) < 4.78 is 5.52. The summed E-state index contributed by atoms with van der Waals surface area (Å²) in [6, 6.07) is 2.64. The van der Waals surface area contributed by atoms with Gasteiger partial charge in [0.05, 0.1) is 10.5 Å². The molecule has 0 aliphatic heterocycles. The molecule has 0 atom stereocenters. The molecule has 0 fully saturated rings. The minimum atomic E-state index is -0.694. The van der Waals surface area contributed by atoms with Crippen molar-refractivity contribution in [1.82, 2.24) is 0 Å². The lowest BCUT2D eigenvalue weighted by Gasteiger charge is -2.20. The van der Waals surface area contributed by atoms with Gasteiger partial charge in [0.15, 0.2) is 0 Å². The van der Waals surface area contributed by atoms with Crippen LogP contribution in [0, 0.1) is 10.1 Å². The largest absolute Gasteiger partial charge is 0.456 e. The summed E-state index contributed by atoms with van der Waals surface area (Å²) in [7, 11) is 0. The first kappa shape index (κ1) is 14.4. The molecule has 18 heavy (non-hydrogen) atoms. The molecule has 1 aromatic carbocycles. The van der Waals surface area contributed by atoms with E-state index in [4.69, 9.17) is 10.5 Å². The standard InChI is InChI=1S/C11H13BrN2O4/c1-11(2,3)18-10(15)7-4-6(12)5-8(9(7)13)14(16)17/h4-5H,13H2,1-3H3. The number of nitrogens with two attached hydrogens (primary N) is 1. The van der Waals surface area contributed by atoms with Crippen molar-refractivity contribution in [2.45, 2.75) is 26.4 Å². The Labute approximate surface area is 112 Å². The maximum atomic E-state index is 11.9. The number of hydrogen-bond donors (Lipinski definition) is 1. The topological polar surface area (TPSA) is 95.5 Å². The Morgan fingerprint density at radius 3 is 2.44 bits per heavy atom. The number of anilines is 1. The predicted molar refractivity (Wildman–Crippen MR) is 70.4 cm³/mol. The van der Waals surface area contributed by atoms with Gasteiger partial charge in [-0.2, -0.15) is 0 Å². The molecule has 6 nitrogen and oxygen atoms in total. The summed E-state index contributed by atoms with van der Waals surface area (Å²) in [5, 5.41) is 10.8. The van der Waals surface area contributed by atoms with Crippen molar-refractivity contribution in [2.24, 2.45) is 0 Å². The number of hydrogen-bond acceptors (Lipinski definition) is 5. The number of nitro groups is 1. The van der Waals surface area contributed by atoms with Crippen LogP contribution in [0.4, 0.5) is 11.4 Å². The molecule has 0 radical (unpaired) electrons. The van der Waals surface area contributed by atoms with Gasteiger partial charge in [-0.25, -0.2) is 4.79 Å². The molecule has 0 aromatic heterocycles. The maximum absolute atomic E-state index is 11.9. The molecule has 0 spiro atoms. The van der Waals surface area contributed by atoms with Crippen LogP contribution in [0.1, 0.15) is 31.1 Å². The first-order chi connectivity index (χ1) is 8.11. The van der Waals surface area contributed by atoms with E-state index in [0.29, 0.717) is 4.47 Å². The number of nitrogens with zero attached hydrogens (tertiary/aromatic N) is 1. The van der Waals surface area contributed by atoms with E-state index in [0.717, 1.165) is 0 Å². The average molecular weight is 317 g/mol. The SMILES string of the molecule is CC(C)(C)OC(=O)c1cc(Br)cc([N+](=O)[O-])c1N. The number of benzene rings is 1. The summed E-state index contributed by atoms with van der Waals surface area (Å²) in [5.41, 5.74) is 4.37. The highest BCUT2D eigenvalue weighted by Crippen LogP contribution is 2.31. The van der Waals surface area contributed by atoms with Crippen LogP contribution in [0.25, 0.3) is 0 Å². The Morgan fingerprint density at radius 1 is 1.44 bits per heavy atom. The zero-order valence-corrected chi connectivity index (χ0v) is 11.8. The van der Waals surface area contributed by atoms with Crippen molar-refractivity contribution >= 4 is 33.3 Å². The third-order valence-electron chi connectivity index (χ3n) is 1.94. The number of ether oxygens (including phenoxy) is 1. The molecule has 98 valence electrons. The summed E-state index contributed by atoms with van der Waals surface area (Å²) >= 11 is 3.10. The van der Waals surface area contributed by atoms with E-state index >= 15 is 0 Å². The van der Waals surface area contributed by atoms with Crippen molar-refractivity contribution in [3.8, 4) is 0 Å². The van der Waals surface area contributed by atoms with Gasteiger partial charge in [0.2, 0.25) is 0 Å². The van der Waals surface area contributed by atoms with Gasteiger partial charge in [0, 0.05) is 10.5 Å². The smallest absolute Gasteiger partial charge is 0.341 e. The molecule has 7 heteroatoms. The van der Waals surface area contributed by atoms with E-state index in [-0.39, 0.29) is 16.9 Å². The molecule has 0 bridgehead atoms. The number of carbonyl (C=O) groups excluding carboxylic acids is 1. The van der Waals surface area contributed by atoms with Crippen molar-refractivity contribution in [3.05, 3.63) is 32.3 Å². The first-order valence-electron chi connectivity index (χ1n) is 5.08. The fourth-order valence-electron chi connectivity index (χ4n) is 1.26. The summed E-state index contributed by atoms with van der Waals surface area (Å²) in [6.07, 6.45) is 0. The van der Waals surface area contributed by atoms with Gasteiger partial charge in [-0.05, 0) is 26.8 Å². The molecular weight excluding hydrogens is 304 g/mol. The number of rotatable bonds is 2. The van der Waals surface area contributed by atoms with E-state index in [1.54, 1.807) is 20.8 Å². The van der Waals surface area contributed by atoms with Crippen LogP contribution in [0.2, 0.25) is 0 Å². The minimum Gasteiger partial charge on any atom is -0.456 e. The molecule has 0 heterocycles. The van der Waals surface area contributed by atoms with Gasteiger partial charge in [-0.1, -0.05) is 15.9 Å². The van der Waals surface area contributed by atoms with Crippen LogP contribution >= 0.6 is 15.9 Å². The van der Waals surface area contributed by atoms with E-state index < -0.39 is 16.5 Å². The second-order valence-corrected chi connectivity index (χ2v) is 5.56. The molecule has 0 aliphatic rings. The average Bonchev–Trinajstić information content (AvgIpc) is 2.17. The van der Waals surface area contributed by atoms with Crippen LogP contribution < -0.4 is 5.73 Å². The fourth-order valence-corrected chi connectivity index (χ4v) is 1.70. The minimum absolute atomic E-state index is 0.0222. The maximum Gasteiger partial charge on any atom is 0.341 e. The third-order valence-corrected chi connectivity index (χ3v) is 2.40. The third kappa shape index (κ3) is 3.43. The highest BCUT2D eigenvalue weighted by molar-refractivity contribution is 9.10. The lowest BCUT2D eigenvalue weighted by Crippen LogP contribution is -2.24. The van der Waals surface area contributed by atoms with Gasteiger partial charge in [-0.3, -0.25) is 10.1 Å². The lowest BCUT2D eigenvalue weighted by molar-refractivity contribution is -0.384. The number of esters is 1. The zero-order chi connectivity index (χ0) is 14.1. The molecule has 1 rings (SSSR count). The highest BCUT2D eigenvalue weighted by atomic mass is 79.9. The van der Waals surface area contributed by atoms with Gasteiger partial charge in [-0.15, -0.1) is 0 Å². The van der Waals surface area contributed by atoms with Crippen LogP contribution in [-0.2, 0) is 4.74 Å². The van der Waals surface area contributed by atoms with Gasteiger partial charge >= 0.3 is 5.97 Å². The molecule has 0 unspecified atom stereocenters. The first-order valence-corrected chi connectivity index (χ1v) is 5.88. The molecule has 1 aromatic rings. The molecule has 2 N–H and O–H groups in total. The summed E-state index contributed by atoms with van der Waals surface area (Å²) in [4.78, 5) is 22.0. The van der Waals surface area contributed by atoms with Crippen LogP contribution in [-0.4, -0.2) is 16.5 Å². The zero-order valence-electron chi connectivity index (χ0n) is 10.2. The van der Waals surface area contributed by atoms with Crippen molar-refractivity contribution in [2.75, 3.05) is 5.73 Å². The van der Waals surface area contributed by atoms with Crippen LogP contribution in [0.3, 0.4) is 0 Å². The van der Waals surface area contributed by atoms with Crippen LogP contribution in [0.5, 0.6) is 0 Å². The Bertz CT molecular complexity index is 509. The quantitative estimate of drug-likeness (QED) is 0.391. The van der Waals surface area contributed by atoms with E-state index in [9.17, 15) is 14.9 Å². The van der Waals surface area contributed by atoms with E-state index in [2.05, 4.69) is 15.9 Å². The van der Waals surface area contributed by atoms with Crippen molar-refractivity contribution in [1.29, 1.82) is 0 Å². The van der Waals surface area contributed by atoms with Gasteiger partial charge in [0.25, 0.3) is 5.69 Å². The Balaban J connectivity index is 3.25. The Morgan fingerprint density at radius 2 is 2.00 bits per heavy atom. The van der Waals surface area contributed by atoms with Gasteiger partial charge in [0.1, 0.15) is 11.3 Å². The second-order valence-electron chi connectivity index (χ2n) is 4.65. The Hall–Kier alpha value is -1.63. The molecular formula is C11H13BrN2O4. The summed E-state index contributed by atoms with van der Waals surface area (Å²) in [5.74, 6) is -0.690. The normalized spacial score (nSPS) is 11.1. The van der Waals surface area contributed by atoms with Crippen LogP contribution in [0.15, 0.2) is 16.6 Å². The Kier molecular flexibility index (Phi) is 3.95. The summed E-state index contributed by atoms with van der Waals surface area (Å²) in [6.45, 7) is 5.11. The predicted octanol–water partition coefficient (Wildman–Crippen LogP) is 2.89. The number of halogens is 1. The fraction of sp³-hybridized carbons (Fsp3) is 0.364. The van der Waals surface area contributed by atoms with E-state index in [1.165, 1.54) is 12.1 Å². The number of carbonyl (C=O) groups is 1. The molecule has 0 saturated heterocycles. The van der Waals surface area contributed by atoms with Crippen molar-refractivity contribution in [3.63, 3.8) is 0 Å². The lowest BCUT2D eigenvalue weighted by atomic mass is 10.1. The molecule has 0 amide bonds. The number of nitrogen functional groups attached to an aromatic ring is 1. The molecule has 0 aliphatic carbocycles. The van der Waals surface area contributed by atoms with Crippen molar-refractivity contribution < 1.29 is 14.5 Å². The van der Waals surface area contributed by atoms with Gasteiger partial charge < -0.3 is 10.5 Å². The van der Waals surface area contributed by atoms with E-state index in [1.807, 2.05) is 0 Å². The highest BCUT2D eigenvalue weighted by Gasteiger charge is 2.25. The monoisotopic (exact) mass is 316 g/mol. The molecule has 0 saturated carbocycles.